The number of piperidine rings is 1. The van der Waals surface area contributed by atoms with E-state index < -0.39 is 29.2 Å². The number of aromatic nitrogens is 2. The average Bonchev–Trinajstić information content (AvgIpc) is 2.78. The molecule has 1 aliphatic heterocycles. The fourth-order valence-electron chi connectivity index (χ4n) is 4.06. The third-order valence-corrected chi connectivity index (χ3v) is 5.72. The second kappa shape index (κ2) is 8.77. The molecule has 1 atom stereocenters. The summed E-state index contributed by atoms with van der Waals surface area (Å²) in [6.07, 6.45) is -3.65. The van der Waals surface area contributed by atoms with Crippen molar-refractivity contribution in [2.75, 3.05) is 0 Å². The molecular weight excluding hydrogens is 449 g/mol. The molecule has 1 aromatic heterocycles. The van der Waals surface area contributed by atoms with Gasteiger partial charge in [-0.3, -0.25) is 19.0 Å². The van der Waals surface area contributed by atoms with Crippen molar-refractivity contribution in [1.29, 1.82) is 0 Å². The standard InChI is InChI=1S/C24H21F3N4O3/c1-13-9-10-19(22(33)29-13)31-14(2)30-18-8-4-6-16(20(18)23(31)34)12-28-21(32)15-5-3-7-17(11-15)24(25,26)27/h3-8,11,19H,1,9-10,12H2,2H3,(H,28,32)(H,29,33). The Labute approximate surface area is 192 Å². The van der Waals surface area contributed by atoms with Crippen LogP contribution in [0, 0.1) is 6.92 Å². The topological polar surface area (TPSA) is 93.1 Å². The molecule has 4 rings (SSSR count). The largest absolute Gasteiger partial charge is 0.416 e. The van der Waals surface area contributed by atoms with Crippen molar-refractivity contribution in [3.63, 3.8) is 0 Å². The van der Waals surface area contributed by atoms with Gasteiger partial charge in [-0.15, -0.1) is 0 Å². The van der Waals surface area contributed by atoms with Crippen LogP contribution in [0.1, 0.15) is 46.2 Å². The van der Waals surface area contributed by atoms with Crippen LogP contribution in [-0.4, -0.2) is 21.4 Å². The first kappa shape index (κ1) is 23.2. The highest BCUT2D eigenvalue weighted by Gasteiger charge is 2.31. The lowest BCUT2D eigenvalue weighted by atomic mass is 10.0. The third kappa shape index (κ3) is 4.43. The van der Waals surface area contributed by atoms with E-state index in [0.717, 1.165) is 18.2 Å². The minimum atomic E-state index is -4.57. The maximum Gasteiger partial charge on any atom is 0.416 e. The number of amides is 2. The summed E-state index contributed by atoms with van der Waals surface area (Å²) >= 11 is 0. The van der Waals surface area contributed by atoms with Gasteiger partial charge in [-0.05, 0) is 49.6 Å². The Hall–Kier alpha value is -3.95. The molecule has 0 saturated carbocycles. The molecule has 2 heterocycles. The lowest BCUT2D eigenvalue weighted by Gasteiger charge is -2.26. The van der Waals surface area contributed by atoms with Crippen LogP contribution in [0.5, 0.6) is 0 Å². The number of nitrogens with one attached hydrogen (secondary N) is 2. The molecule has 2 aromatic carbocycles. The van der Waals surface area contributed by atoms with Crippen LogP contribution in [0.25, 0.3) is 10.9 Å². The predicted molar refractivity (Wildman–Crippen MR) is 119 cm³/mol. The summed E-state index contributed by atoms with van der Waals surface area (Å²) in [4.78, 5) is 42.9. The van der Waals surface area contributed by atoms with E-state index >= 15 is 0 Å². The summed E-state index contributed by atoms with van der Waals surface area (Å²) in [7, 11) is 0. The van der Waals surface area contributed by atoms with E-state index in [1.54, 1.807) is 25.1 Å². The first-order chi connectivity index (χ1) is 16.1. The molecule has 0 bridgehead atoms. The van der Waals surface area contributed by atoms with Gasteiger partial charge in [-0.1, -0.05) is 24.8 Å². The monoisotopic (exact) mass is 470 g/mol. The van der Waals surface area contributed by atoms with Crippen molar-refractivity contribution >= 4 is 22.7 Å². The Morgan fingerprint density at radius 1 is 1.24 bits per heavy atom. The normalized spacial score (nSPS) is 16.4. The lowest BCUT2D eigenvalue weighted by molar-refractivity contribution is -0.137. The summed E-state index contributed by atoms with van der Waals surface area (Å²) < 4.78 is 40.2. The Morgan fingerprint density at radius 3 is 2.68 bits per heavy atom. The second-order valence-corrected chi connectivity index (χ2v) is 8.05. The van der Waals surface area contributed by atoms with Gasteiger partial charge in [0, 0.05) is 17.8 Å². The SMILES string of the molecule is C=C1CCC(n2c(C)nc3cccc(CNC(=O)c4cccc(C(F)(F)F)c4)c3c2=O)C(=O)N1. The molecule has 3 aromatic rings. The predicted octanol–water partition coefficient (Wildman–Crippen LogP) is 3.62. The highest BCUT2D eigenvalue weighted by atomic mass is 19.4. The number of halogens is 3. The van der Waals surface area contributed by atoms with Crippen molar-refractivity contribution in [2.45, 2.75) is 38.5 Å². The van der Waals surface area contributed by atoms with E-state index in [2.05, 4.69) is 22.2 Å². The number of rotatable bonds is 4. The number of alkyl halides is 3. The molecule has 1 unspecified atom stereocenters. The zero-order valence-corrected chi connectivity index (χ0v) is 18.2. The minimum Gasteiger partial charge on any atom is -0.348 e. The number of nitrogens with zero attached hydrogens (tertiary/aromatic N) is 2. The van der Waals surface area contributed by atoms with E-state index in [0.29, 0.717) is 35.4 Å². The molecule has 0 spiro atoms. The fraction of sp³-hybridized carbons (Fsp3) is 0.250. The van der Waals surface area contributed by atoms with Crippen LogP contribution < -0.4 is 16.2 Å². The van der Waals surface area contributed by atoms with Crippen LogP contribution in [-0.2, 0) is 17.5 Å². The van der Waals surface area contributed by atoms with Gasteiger partial charge in [0.2, 0.25) is 5.91 Å². The average molecular weight is 470 g/mol. The Bertz CT molecular complexity index is 1380. The van der Waals surface area contributed by atoms with Crippen molar-refractivity contribution in [3.8, 4) is 0 Å². The van der Waals surface area contributed by atoms with Crippen LogP contribution in [0.15, 0.2) is 59.5 Å². The zero-order chi connectivity index (χ0) is 24.6. The lowest BCUT2D eigenvalue weighted by Crippen LogP contribution is -2.41. The summed E-state index contributed by atoms with van der Waals surface area (Å²) in [6, 6.07) is 8.28. The quantitative estimate of drug-likeness (QED) is 0.609. The first-order valence-electron chi connectivity index (χ1n) is 10.5. The molecule has 176 valence electrons. The van der Waals surface area contributed by atoms with Crippen LogP contribution in [0.2, 0.25) is 0 Å². The molecule has 1 aliphatic rings. The highest BCUT2D eigenvalue weighted by molar-refractivity contribution is 5.94. The van der Waals surface area contributed by atoms with Crippen LogP contribution in [0.4, 0.5) is 13.2 Å². The second-order valence-electron chi connectivity index (χ2n) is 8.05. The number of allylic oxidation sites excluding steroid dienone is 1. The molecule has 0 aliphatic carbocycles. The molecule has 34 heavy (non-hydrogen) atoms. The molecule has 1 fully saturated rings. The van der Waals surface area contributed by atoms with Gasteiger partial charge >= 0.3 is 6.18 Å². The van der Waals surface area contributed by atoms with Gasteiger partial charge in [-0.2, -0.15) is 13.2 Å². The van der Waals surface area contributed by atoms with Gasteiger partial charge in [-0.25, -0.2) is 4.98 Å². The number of carbonyl (C=O) groups is 2. The smallest absolute Gasteiger partial charge is 0.348 e. The molecule has 0 radical (unpaired) electrons. The number of carbonyl (C=O) groups excluding carboxylic acids is 2. The van der Waals surface area contributed by atoms with Crippen LogP contribution in [0.3, 0.4) is 0 Å². The van der Waals surface area contributed by atoms with Crippen LogP contribution >= 0.6 is 0 Å². The summed E-state index contributed by atoms with van der Waals surface area (Å²) in [6.45, 7) is 5.28. The van der Waals surface area contributed by atoms with Gasteiger partial charge in [0.05, 0.1) is 16.5 Å². The van der Waals surface area contributed by atoms with Crippen molar-refractivity contribution < 1.29 is 22.8 Å². The molecule has 1 saturated heterocycles. The molecule has 10 heteroatoms. The zero-order valence-electron chi connectivity index (χ0n) is 18.2. The summed E-state index contributed by atoms with van der Waals surface area (Å²) in [5, 5.41) is 5.46. The first-order valence-corrected chi connectivity index (χ1v) is 10.5. The molecule has 2 amide bonds. The maximum atomic E-state index is 13.4. The Balaban J connectivity index is 1.66. The molecule has 7 nitrogen and oxygen atoms in total. The fourth-order valence-corrected chi connectivity index (χ4v) is 4.06. The van der Waals surface area contributed by atoms with Gasteiger partial charge in [0.15, 0.2) is 0 Å². The van der Waals surface area contributed by atoms with Crippen molar-refractivity contribution in [1.82, 2.24) is 20.2 Å². The van der Waals surface area contributed by atoms with E-state index in [4.69, 9.17) is 0 Å². The Morgan fingerprint density at radius 2 is 1.97 bits per heavy atom. The van der Waals surface area contributed by atoms with Gasteiger partial charge < -0.3 is 10.6 Å². The van der Waals surface area contributed by atoms with Gasteiger partial charge in [0.1, 0.15) is 11.9 Å². The number of hydrogen-bond donors (Lipinski definition) is 2. The van der Waals surface area contributed by atoms with E-state index in [1.807, 2.05) is 0 Å². The number of hydrogen-bond acceptors (Lipinski definition) is 4. The van der Waals surface area contributed by atoms with E-state index in [1.165, 1.54) is 10.6 Å². The summed E-state index contributed by atoms with van der Waals surface area (Å²) in [5.41, 5.74) is -0.102. The third-order valence-electron chi connectivity index (χ3n) is 5.72. The number of fused-ring (bicyclic) bond motifs is 1. The van der Waals surface area contributed by atoms with Crippen molar-refractivity contribution in [3.05, 3.63) is 87.6 Å². The minimum absolute atomic E-state index is 0.111. The van der Waals surface area contributed by atoms with E-state index in [9.17, 15) is 27.6 Å². The highest BCUT2D eigenvalue weighted by Crippen LogP contribution is 2.29. The van der Waals surface area contributed by atoms with E-state index in [-0.39, 0.29) is 23.4 Å². The molecule has 2 N–H and O–H groups in total. The van der Waals surface area contributed by atoms with Gasteiger partial charge in [0.25, 0.3) is 11.5 Å². The Kier molecular flexibility index (Phi) is 5.99. The summed E-state index contributed by atoms with van der Waals surface area (Å²) in [5.74, 6) is -0.693. The number of aryl methyl sites for hydroxylation is 1. The maximum absolute atomic E-state index is 13.4. The molecular formula is C24H21F3N4O3. The number of benzene rings is 2. The van der Waals surface area contributed by atoms with Crippen molar-refractivity contribution in [2.24, 2.45) is 0 Å².